The average molecular weight is 305 g/mol. The third kappa shape index (κ3) is 2.73. The predicted molar refractivity (Wildman–Crippen MR) is 83.8 cm³/mol. The summed E-state index contributed by atoms with van der Waals surface area (Å²) in [5.41, 5.74) is -1.43. The van der Waals surface area contributed by atoms with E-state index in [0.717, 1.165) is 0 Å². The Morgan fingerprint density at radius 3 is 1.91 bits per heavy atom. The van der Waals surface area contributed by atoms with Crippen LogP contribution in [0, 0.1) is 0 Å². The van der Waals surface area contributed by atoms with E-state index >= 15 is 0 Å². The van der Waals surface area contributed by atoms with Gasteiger partial charge in [-0.2, -0.15) is 13.2 Å². The fraction of sp³-hybridized carbons (Fsp3) is 0.222. The Morgan fingerprint density at radius 1 is 0.955 bits per heavy atom. The molecule has 0 aliphatic heterocycles. The molecule has 0 saturated carbocycles. The Morgan fingerprint density at radius 2 is 1.45 bits per heavy atom. The number of anilines is 1. The minimum absolute atomic E-state index is 0.203. The second-order valence-electron chi connectivity index (χ2n) is 5.11. The Bertz CT molecular complexity index is 607. The topological polar surface area (TPSA) is 3.24 Å². The second-order valence-corrected chi connectivity index (χ2v) is 5.11. The summed E-state index contributed by atoms with van der Waals surface area (Å²) < 4.78 is 42.3. The van der Waals surface area contributed by atoms with E-state index in [1.165, 1.54) is 30.2 Å². The molecule has 2 aromatic carbocycles. The summed E-state index contributed by atoms with van der Waals surface area (Å²) in [6, 6.07) is 16.6. The van der Waals surface area contributed by atoms with Gasteiger partial charge in [0.1, 0.15) is 0 Å². The van der Waals surface area contributed by atoms with Gasteiger partial charge in [0.2, 0.25) is 0 Å². The first kappa shape index (κ1) is 16.1. The van der Waals surface area contributed by atoms with Crippen LogP contribution in [0.4, 0.5) is 18.9 Å². The molecule has 0 amide bonds. The monoisotopic (exact) mass is 305 g/mol. The van der Waals surface area contributed by atoms with E-state index in [-0.39, 0.29) is 12.0 Å². The van der Waals surface area contributed by atoms with Crippen molar-refractivity contribution in [3.63, 3.8) is 0 Å². The minimum atomic E-state index is -4.45. The summed E-state index contributed by atoms with van der Waals surface area (Å²) in [6.45, 7) is 3.53. The molecule has 1 atom stereocenters. The Balaban J connectivity index is 2.66. The predicted octanol–water partition coefficient (Wildman–Crippen LogP) is 5.16. The lowest BCUT2D eigenvalue weighted by atomic mass is 9.83. The van der Waals surface area contributed by atoms with Gasteiger partial charge in [0.05, 0.1) is 0 Å². The maximum Gasteiger partial charge on any atom is 0.416 e. The van der Waals surface area contributed by atoms with E-state index in [4.69, 9.17) is 0 Å². The highest BCUT2D eigenvalue weighted by Crippen LogP contribution is 2.47. The molecule has 0 spiro atoms. The molecule has 4 heteroatoms. The van der Waals surface area contributed by atoms with Gasteiger partial charge >= 0.3 is 6.18 Å². The van der Waals surface area contributed by atoms with E-state index < -0.39 is 11.7 Å². The molecule has 0 heterocycles. The van der Waals surface area contributed by atoms with Gasteiger partial charge in [-0.3, -0.25) is 0 Å². The summed E-state index contributed by atoms with van der Waals surface area (Å²) in [6.07, 6.45) is -3.36. The molecule has 0 fully saturated rings. The zero-order chi connectivity index (χ0) is 16.2. The fourth-order valence-corrected chi connectivity index (χ4v) is 2.71. The maximum absolute atomic E-state index is 14.1. The summed E-state index contributed by atoms with van der Waals surface area (Å²) in [7, 11) is 1.47. The molecule has 0 aromatic heterocycles. The van der Waals surface area contributed by atoms with Gasteiger partial charge in [0.15, 0.2) is 5.54 Å². The highest BCUT2D eigenvalue weighted by Gasteiger charge is 2.58. The molecule has 0 saturated heterocycles. The first-order valence-electron chi connectivity index (χ1n) is 6.95. The van der Waals surface area contributed by atoms with Crippen LogP contribution >= 0.6 is 0 Å². The fourth-order valence-electron chi connectivity index (χ4n) is 2.71. The van der Waals surface area contributed by atoms with Crippen LogP contribution in [0.2, 0.25) is 0 Å². The van der Waals surface area contributed by atoms with Crippen molar-refractivity contribution < 1.29 is 13.2 Å². The van der Waals surface area contributed by atoms with Gasteiger partial charge in [-0.25, -0.2) is 0 Å². The third-order valence-electron chi connectivity index (χ3n) is 3.88. The van der Waals surface area contributed by atoms with Gasteiger partial charge in [-0.1, -0.05) is 54.6 Å². The quantitative estimate of drug-likeness (QED) is 0.690. The maximum atomic E-state index is 14.1. The van der Waals surface area contributed by atoms with E-state index in [1.54, 1.807) is 48.5 Å². The van der Waals surface area contributed by atoms with Crippen molar-refractivity contribution in [3.05, 3.63) is 78.9 Å². The van der Waals surface area contributed by atoms with Crippen molar-refractivity contribution >= 4 is 5.69 Å². The van der Waals surface area contributed by atoms with Crippen LogP contribution < -0.4 is 4.90 Å². The number of benzene rings is 2. The molecule has 2 aromatic rings. The molecule has 1 unspecified atom stereocenters. The summed E-state index contributed by atoms with van der Waals surface area (Å²) in [5, 5.41) is 0. The summed E-state index contributed by atoms with van der Waals surface area (Å²) in [5.74, 6) is 0. The molecule has 0 radical (unpaired) electrons. The zero-order valence-corrected chi connectivity index (χ0v) is 12.3. The molecule has 0 bridgehead atoms. The van der Waals surface area contributed by atoms with Crippen molar-refractivity contribution in [3.8, 4) is 0 Å². The zero-order valence-electron chi connectivity index (χ0n) is 12.3. The van der Waals surface area contributed by atoms with Crippen molar-refractivity contribution in [2.45, 2.75) is 18.1 Å². The van der Waals surface area contributed by atoms with E-state index in [0.29, 0.717) is 5.69 Å². The third-order valence-corrected chi connectivity index (χ3v) is 3.88. The normalized spacial score (nSPS) is 14.2. The van der Waals surface area contributed by atoms with Crippen molar-refractivity contribution in [2.75, 3.05) is 11.9 Å². The van der Waals surface area contributed by atoms with Crippen LogP contribution in [-0.2, 0) is 5.54 Å². The standard InChI is InChI=1S/C18H18F3N/c1-3-14-17(18(19,20)21,15-10-6-4-7-11-15)22(2)16-12-8-5-9-13-16/h3-13H,1,14H2,2H3. The Kier molecular flexibility index (Phi) is 4.59. The van der Waals surface area contributed by atoms with E-state index in [2.05, 4.69) is 6.58 Å². The van der Waals surface area contributed by atoms with Crippen LogP contribution in [0.15, 0.2) is 73.3 Å². The largest absolute Gasteiger partial charge is 0.416 e. The number of halogens is 3. The Hall–Kier alpha value is -2.23. The molecular weight excluding hydrogens is 287 g/mol. The lowest BCUT2D eigenvalue weighted by Crippen LogP contribution is -2.54. The van der Waals surface area contributed by atoms with Gasteiger partial charge in [-0.05, 0) is 17.7 Å². The number of para-hydroxylation sites is 1. The highest BCUT2D eigenvalue weighted by molar-refractivity contribution is 5.52. The van der Waals surface area contributed by atoms with E-state index in [9.17, 15) is 13.2 Å². The summed E-state index contributed by atoms with van der Waals surface area (Å²) >= 11 is 0. The number of rotatable bonds is 5. The van der Waals surface area contributed by atoms with Crippen molar-refractivity contribution in [1.29, 1.82) is 0 Å². The number of hydrogen-bond donors (Lipinski definition) is 0. The van der Waals surface area contributed by atoms with Gasteiger partial charge < -0.3 is 4.90 Å². The van der Waals surface area contributed by atoms with Crippen LogP contribution in [0.25, 0.3) is 0 Å². The summed E-state index contributed by atoms with van der Waals surface area (Å²) in [4.78, 5) is 1.28. The van der Waals surface area contributed by atoms with Gasteiger partial charge in [0.25, 0.3) is 0 Å². The molecule has 116 valence electrons. The van der Waals surface area contributed by atoms with Crippen molar-refractivity contribution in [2.24, 2.45) is 0 Å². The number of alkyl halides is 3. The molecule has 1 nitrogen and oxygen atoms in total. The van der Waals surface area contributed by atoms with Gasteiger partial charge in [-0.15, -0.1) is 6.58 Å². The van der Waals surface area contributed by atoms with Crippen LogP contribution in [0.5, 0.6) is 0 Å². The Labute approximate surface area is 128 Å². The molecule has 0 N–H and O–H groups in total. The van der Waals surface area contributed by atoms with Crippen LogP contribution in [-0.4, -0.2) is 13.2 Å². The first-order valence-corrected chi connectivity index (χ1v) is 6.95. The molecular formula is C18H18F3N. The lowest BCUT2D eigenvalue weighted by molar-refractivity contribution is -0.189. The number of nitrogens with zero attached hydrogens (tertiary/aromatic N) is 1. The highest BCUT2D eigenvalue weighted by atomic mass is 19.4. The minimum Gasteiger partial charge on any atom is -0.357 e. The lowest BCUT2D eigenvalue weighted by Gasteiger charge is -2.44. The van der Waals surface area contributed by atoms with Gasteiger partial charge in [0, 0.05) is 19.2 Å². The van der Waals surface area contributed by atoms with Crippen molar-refractivity contribution in [1.82, 2.24) is 0 Å². The van der Waals surface area contributed by atoms with Crippen LogP contribution in [0.1, 0.15) is 12.0 Å². The number of hydrogen-bond acceptors (Lipinski definition) is 1. The molecule has 22 heavy (non-hydrogen) atoms. The molecule has 2 rings (SSSR count). The average Bonchev–Trinajstić information content (AvgIpc) is 2.52. The molecule has 0 aliphatic carbocycles. The molecule has 0 aliphatic rings. The van der Waals surface area contributed by atoms with Crippen LogP contribution in [0.3, 0.4) is 0 Å². The first-order chi connectivity index (χ1) is 10.4. The smallest absolute Gasteiger partial charge is 0.357 e. The SMILES string of the molecule is C=CCC(c1ccccc1)(N(C)c1ccccc1)C(F)(F)F. The van der Waals surface area contributed by atoms with E-state index in [1.807, 2.05) is 0 Å². The second kappa shape index (κ2) is 6.26.